The second-order valence-corrected chi connectivity index (χ2v) is 5.80. The normalized spacial score (nSPS) is 11.4. The molecule has 0 radical (unpaired) electrons. The fourth-order valence-electron chi connectivity index (χ4n) is 1.15. The Balaban J connectivity index is 2.31. The van der Waals surface area contributed by atoms with Gasteiger partial charge in [-0.15, -0.1) is 5.10 Å². The molecule has 0 aliphatic carbocycles. The van der Waals surface area contributed by atoms with Gasteiger partial charge in [-0.2, -0.15) is 0 Å². The van der Waals surface area contributed by atoms with E-state index < -0.39 is 10.0 Å². The molecule has 1 aromatic carbocycles. The number of aromatic nitrogens is 2. The number of hydrogen-bond acceptors (Lipinski definition) is 6. The predicted octanol–water partition coefficient (Wildman–Crippen LogP) is 1.23. The molecule has 0 unspecified atom stereocenters. The number of anilines is 2. The molecule has 2 aromatic rings. The van der Waals surface area contributed by atoms with Crippen LogP contribution in [0.5, 0.6) is 0 Å². The zero-order valence-corrected chi connectivity index (χ0v) is 10.5. The van der Waals surface area contributed by atoms with Crippen LogP contribution >= 0.6 is 11.5 Å². The van der Waals surface area contributed by atoms with Gasteiger partial charge in [-0.05, 0) is 31.2 Å². The van der Waals surface area contributed by atoms with Crippen molar-refractivity contribution in [3.05, 3.63) is 30.0 Å². The van der Waals surface area contributed by atoms with Crippen LogP contribution in [-0.4, -0.2) is 18.0 Å². The van der Waals surface area contributed by atoms with Gasteiger partial charge in [0.1, 0.15) is 5.00 Å². The van der Waals surface area contributed by atoms with Gasteiger partial charge in [0.2, 0.25) is 0 Å². The Morgan fingerprint density at radius 3 is 2.47 bits per heavy atom. The summed E-state index contributed by atoms with van der Waals surface area (Å²) in [6, 6.07) is 5.96. The highest BCUT2D eigenvalue weighted by atomic mass is 32.2. The van der Waals surface area contributed by atoms with Gasteiger partial charge < -0.3 is 5.73 Å². The zero-order valence-electron chi connectivity index (χ0n) is 8.91. The van der Waals surface area contributed by atoms with Crippen LogP contribution in [0.15, 0.2) is 29.2 Å². The van der Waals surface area contributed by atoms with Crippen LogP contribution in [0.3, 0.4) is 0 Å². The molecule has 8 heteroatoms. The molecule has 90 valence electrons. The van der Waals surface area contributed by atoms with Gasteiger partial charge in [-0.25, -0.2) is 8.42 Å². The van der Waals surface area contributed by atoms with Crippen LogP contribution < -0.4 is 10.5 Å². The van der Waals surface area contributed by atoms with Gasteiger partial charge in [0.25, 0.3) is 10.0 Å². The van der Waals surface area contributed by atoms with Gasteiger partial charge in [-0.3, -0.25) is 4.72 Å². The lowest BCUT2D eigenvalue weighted by Gasteiger charge is -2.05. The van der Waals surface area contributed by atoms with Crippen molar-refractivity contribution in [2.24, 2.45) is 0 Å². The summed E-state index contributed by atoms with van der Waals surface area (Å²) in [6.45, 7) is 1.68. The molecule has 2 rings (SSSR count). The van der Waals surface area contributed by atoms with Gasteiger partial charge in [0, 0.05) is 17.2 Å². The molecule has 0 aliphatic heterocycles. The maximum Gasteiger partial charge on any atom is 0.262 e. The molecule has 0 saturated carbocycles. The average molecular weight is 270 g/mol. The number of nitrogen functional groups attached to an aromatic ring is 1. The number of benzene rings is 1. The van der Waals surface area contributed by atoms with Gasteiger partial charge in [-0.1, -0.05) is 4.49 Å². The fraction of sp³-hybridized carbons (Fsp3) is 0.111. The SMILES string of the molecule is Cc1nnsc1NS(=O)(=O)c1ccc(N)cc1. The summed E-state index contributed by atoms with van der Waals surface area (Å²) < 4.78 is 30.0. The van der Waals surface area contributed by atoms with E-state index >= 15 is 0 Å². The fourth-order valence-corrected chi connectivity index (χ4v) is 3.05. The van der Waals surface area contributed by atoms with Gasteiger partial charge in [0.05, 0.1) is 10.6 Å². The smallest absolute Gasteiger partial charge is 0.262 e. The number of hydrogen-bond donors (Lipinski definition) is 2. The molecule has 17 heavy (non-hydrogen) atoms. The molecule has 6 nitrogen and oxygen atoms in total. The van der Waals surface area contributed by atoms with E-state index in [2.05, 4.69) is 14.3 Å². The van der Waals surface area contributed by atoms with Crippen molar-refractivity contribution in [3.8, 4) is 0 Å². The first-order valence-electron chi connectivity index (χ1n) is 4.66. The molecule has 0 atom stereocenters. The molecular formula is C9H10N4O2S2. The third kappa shape index (κ3) is 2.53. The Morgan fingerprint density at radius 2 is 1.94 bits per heavy atom. The summed E-state index contributed by atoms with van der Waals surface area (Å²) in [4.78, 5) is 0.152. The average Bonchev–Trinajstić information content (AvgIpc) is 2.64. The highest BCUT2D eigenvalue weighted by Gasteiger charge is 2.16. The molecule has 0 spiro atoms. The van der Waals surface area contributed by atoms with E-state index in [0.29, 0.717) is 16.4 Å². The van der Waals surface area contributed by atoms with Crippen LogP contribution in [0.2, 0.25) is 0 Å². The minimum atomic E-state index is -3.60. The minimum absolute atomic E-state index is 0.152. The summed E-state index contributed by atoms with van der Waals surface area (Å²) in [6.07, 6.45) is 0. The first-order valence-corrected chi connectivity index (χ1v) is 6.92. The molecule has 1 aromatic heterocycles. The topological polar surface area (TPSA) is 98.0 Å². The molecule has 0 aliphatic rings. The molecular weight excluding hydrogens is 260 g/mol. The summed E-state index contributed by atoms with van der Waals surface area (Å²) >= 11 is 0.998. The van der Waals surface area contributed by atoms with Crippen molar-refractivity contribution >= 4 is 32.2 Å². The Morgan fingerprint density at radius 1 is 1.29 bits per heavy atom. The molecule has 1 heterocycles. The van der Waals surface area contributed by atoms with E-state index in [-0.39, 0.29) is 4.90 Å². The summed E-state index contributed by atoms with van der Waals surface area (Å²) in [5.74, 6) is 0. The Kier molecular flexibility index (Phi) is 2.99. The van der Waals surface area contributed by atoms with Crippen LogP contribution in [0.25, 0.3) is 0 Å². The van der Waals surface area contributed by atoms with E-state index in [1.165, 1.54) is 24.3 Å². The van der Waals surface area contributed by atoms with E-state index in [4.69, 9.17) is 5.73 Å². The highest BCUT2D eigenvalue weighted by Crippen LogP contribution is 2.21. The van der Waals surface area contributed by atoms with Crippen molar-refractivity contribution in [1.82, 2.24) is 9.59 Å². The number of nitrogens with one attached hydrogen (secondary N) is 1. The van der Waals surface area contributed by atoms with Gasteiger partial charge >= 0.3 is 0 Å². The number of rotatable bonds is 3. The molecule has 0 fully saturated rings. The van der Waals surface area contributed by atoms with Gasteiger partial charge in [0.15, 0.2) is 0 Å². The van der Waals surface area contributed by atoms with Crippen LogP contribution in [-0.2, 0) is 10.0 Å². The number of sulfonamides is 1. The highest BCUT2D eigenvalue weighted by molar-refractivity contribution is 7.93. The Bertz CT molecular complexity index is 619. The lowest BCUT2D eigenvalue weighted by molar-refractivity contribution is 0.601. The molecule has 0 saturated heterocycles. The van der Waals surface area contributed by atoms with E-state index in [1.807, 2.05) is 0 Å². The maximum atomic E-state index is 12.0. The second kappa shape index (κ2) is 4.30. The third-order valence-electron chi connectivity index (χ3n) is 2.07. The first kappa shape index (κ1) is 11.8. The summed E-state index contributed by atoms with van der Waals surface area (Å²) in [7, 11) is -3.60. The second-order valence-electron chi connectivity index (χ2n) is 3.36. The minimum Gasteiger partial charge on any atom is -0.399 e. The number of aryl methyl sites for hydroxylation is 1. The maximum absolute atomic E-state index is 12.0. The summed E-state index contributed by atoms with van der Waals surface area (Å²) in [5, 5.41) is 4.15. The van der Waals surface area contributed by atoms with Crippen LogP contribution in [0, 0.1) is 6.92 Å². The van der Waals surface area contributed by atoms with Crippen molar-refractivity contribution in [3.63, 3.8) is 0 Å². The Labute approximate surface area is 103 Å². The number of nitrogens with two attached hydrogens (primary N) is 1. The van der Waals surface area contributed by atoms with Crippen molar-refractivity contribution < 1.29 is 8.42 Å². The van der Waals surface area contributed by atoms with Crippen LogP contribution in [0.1, 0.15) is 5.69 Å². The standard InChI is InChI=1S/C9H10N4O2S2/c1-6-9(16-13-11-6)12-17(14,15)8-4-2-7(10)3-5-8/h2-5,12H,10H2,1H3. The monoisotopic (exact) mass is 270 g/mol. The lowest BCUT2D eigenvalue weighted by Crippen LogP contribution is -2.12. The van der Waals surface area contributed by atoms with E-state index in [0.717, 1.165) is 11.5 Å². The zero-order chi connectivity index (χ0) is 12.5. The lowest BCUT2D eigenvalue weighted by atomic mass is 10.3. The molecule has 0 amide bonds. The van der Waals surface area contributed by atoms with Crippen molar-refractivity contribution in [1.29, 1.82) is 0 Å². The van der Waals surface area contributed by atoms with E-state index in [1.54, 1.807) is 6.92 Å². The van der Waals surface area contributed by atoms with Crippen molar-refractivity contribution in [2.45, 2.75) is 11.8 Å². The third-order valence-corrected chi connectivity index (χ3v) is 4.31. The Hall–Kier alpha value is -1.67. The largest absolute Gasteiger partial charge is 0.399 e. The quantitative estimate of drug-likeness (QED) is 0.817. The molecule has 3 N–H and O–H groups in total. The van der Waals surface area contributed by atoms with E-state index in [9.17, 15) is 8.42 Å². The summed E-state index contributed by atoms with van der Waals surface area (Å²) in [5.41, 5.74) is 6.56. The molecule has 0 bridgehead atoms. The number of nitrogens with zero attached hydrogens (tertiary/aromatic N) is 2. The van der Waals surface area contributed by atoms with Crippen molar-refractivity contribution in [2.75, 3.05) is 10.5 Å². The predicted molar refractivity (Wildman–Crippen MR) is 66.3 cm³/mol. The van der Waals surface area contributed by atoms with Crippen LogP contribution in [0.4, 0.5) is 10.7 Å². The first-order chi connectivity index (χ1) is 7.99.